The lowest BCUT2D eigenvalue weighted by Gasteiger charge is -2.30. The summed E-state index contributed by atoms with van der Waals surface area (Å²) in [4.78, 5) is 14.0. The van der Waals surface area contributed by atoms with Gasteiger partial charge in [0.2, 0.25) is 5.91 Å². The molecule has 0 aliphatic carbocycles. The molecule has 0 radical (unpaired) electrons. The van der Waals surface area contributed by atoms with E-state index in [1.54, 1.807) is 35.2 Å². The Hall–Kier alpha value is -2.48. The zero-order chi connectivity index (χ0) is 19.7. The number of nitrogens with zero attached hydrogens (tertiary/aromatic N) is 1. The van der Waals surface area contributed by atoms with E-state index in [-0.39, 0.29) is 13.1 Å². The molecule has 27 heavy (non-hydrogen) atoms. The molecular formula is C19H17F5N2O. The molecule has 144 valence electrons. The van der Waals surface area contributed by atoms with Crippen LogP contribution in [0.2, 0.25) is 0 Å². The lowest BCUT2D eigenvalue weighted by molar-refractivity contribution is -0.215. The standard InChI is InChI=1S/C19H17F5N2O/c20-14-6-7-16(15(21)10-14)25-17(27)18(19(22,23)24)8-9-26(12-18)11-13-4-2-1-3-5-13/h1-7,10H,8-9,11-12H2,(H,25,27). The summed E-state index contributed by atoms with van der Waals surface area (Å²) in [5, 5.41) is 1.98. The molecule has 0 aromatic heterocycles. The number of halogens is 5. The first-order valence-corrected chi connectivity index (χ1v) is 8.31. The van der Waals surface area contributed by atoms with E-state index in [1.165, 1.54) is 0 Å². The van der Waals surface area contributed by atoms with Gasteiger partial charge in [-0.05, 0) is 30.7 Å². The third kappa shape index (κ3) is 3.95. The minimum absolute atomic E-state index is 0.0771. The first-order valence-electron chi connectivity index (χ1n) is 8.31. The summed E-state index contributed by atoms with van der Waals surface area (Å²) >= 11 is 0. The molecule has 1 N–H and O–H groups in total. The molecule has 1 aliphatic heterocycles. The molecular weight excluding hydrogens is 367 g/mol. The van der Waals surface area contributed by atoms with Gasteiger partial charge in [-0.2, -0.15) is 13.2 Å². The highest BCUT2D eigenvalue weighted by molar-refractivity contribution is 5.96. The molecule has 1 atom stereocenters. The molecule has 3 nitrogen and oxygen atoms in total. The SMILES string of the molecule is O=C(Nc1ccc(F)cc1F)C1(C(F)(F)F)CCN(Cc2ccccc2)C1. The predicted molar refractivity (Wildman–Crippen MR) is 89.8 cm³/mol. The van der Waals surface area contributed by atoms with E-state index in [2.05, 4.69) is 0 Å². The topological polar surface area (TPSA) is 32.3 Å². The molecule has 2 aromatic carbocycles. The maximum atomic E-state index is 13.8. The molecule has 8 heteroatoms. The lowest BCUT2D eigenvalue weighted by Crippen LogP contribution is -2.50. The molecule has 1 amide bonds. The number of anilines is 1. The summed E-state index contributed by atoms with van der Waals surface area (Å²) in [6.07, 6.45) is -5.24. The Kier molecular flexibility index (Phi) is 5.19. The van der Waals surface area contributed by atoms with Crippen LogP contribution in [0.3, 0.4) is 0 Å². The van der Waals surface area contributed by atoms with Crippen LogP contribution in [0.4, 0.5) is 27.6 Å². The monoisotopic (exact) mass is 384 g/mol. The van der Waals surface area contributed by atoms with Gasteiger partial charge in [-0.15, -0.1) is 0 Å². The third-order valence-corrected chi connectivity index (χ3v) is 4.75. The van der Waals surface area contributed by atoms with Crippen LogP contribution < -0.4 is 5.32 Å². The van der Waals surface area contributed by atoms with E-state index in [0.717, 1.165) is 17.7 Å². The first kappa shape index (κ1) is 19.3. The van der Waals surface area contributed by atoms with E-state index < -0.39 is 47.8 Å². The Bertz CT molecular complexity index is 825. The Morgan fingerprint density at radius 1 is 1.11 bits per heavy atom. The number of nitrogens with one attached hydrogen (secondary N) is 1. The number of amides is 1. The van der Waals surface area contributed by atoms with Crippen LogP contribution >= 0.6 is 0 Å². The number of likely N-dealkylation sites (tertiary alicyclic amines) is 1. The maximum Gasteiger partial charge on any atom is 0.404 e. The minimum Gasteiger partial charge on any atom is -0.323 e. The van der Waals surface area contributed by atoms with Gasteiger partial charge in [0.15, 0.2) is 5.41 Å². The smallest absolute Gasteiger partial charge is 0.323 e. The summed E-state index contributed by atoms with van der Waals surface area (Å²) in [6, 6.07) is 11.2. The second kappa shape index (κ2) is 7.26. The van der Waals surface area contributed by atoms with Crippen molar-refractivity contribution in [3.8, 4) is 0 Å². The van der Waals surface area contributed by atoms with Crippen LogP contribution in [0.15, 0.2) is 48.5 Å². The molecule has 1 unspecified atom stereocenters. The van der Waals surface area contributed by atoms with Gasteiger partial charge in [0.1, 0.15) is 11.6 Å². The van der Waals surface area contributed by atoms with E-state index in [9.17, 15) is 26.7 Å². The lowest BCUT2D eigenvalue weighted by atomic mass is 9.85. The molecule has 0 saturated carbocycles. The summed E-state index contributed by atoms with van der Waals surface area (Å²) in [5.41, 5.74) is -2.30. The first-order chi connectivity index (χ1) is 12.7. The van der Waals surface area contributed by atoms with Crippen molar-refractivity contribution >= 4 is 11.6 Å². The Balaban J connectivity index is 1.80. The van der Waals surface area contributed by atoms with Crippen molar-refractivity contribution in [1.82, 2.24) is 4.90 Å². The van der Waals surface area contributed by atoms with E-state index in [4.69, 9.17) is 0 Å². The fourth-order valence-corrected chi connectivity index (χ4v) is 3.24. The number of benzene rings is 2. The van der Waals surface area contributed by atoms with Gasteiger partial charge in [-0.25, -0.2) is 8.78 Å². The average molecular weight is 384 g/mol. The molecule has 1 fully saturated rings. The Labute approximate surface area is 152 Å². The molecule has 1 aliphatic rings. The van der Waals surface area contributed by atoms with Gasteiger partial charge in [0.25, 0.3) is 0 Å². The van der Waals surface area contributed by atoms with Crippen molar-refractivity contribution in [2.45, 2.75) is 19.1 Å². The summed E-state index contributed by atoms with van der Waals surface area (Å²) < 4.78 is 68.1. The van der Waals surface area contributed by atoms with Crippen LogP contribution in [0.5, 0.6) is 0 Å². The fourth-order valence-electron chi connectivity index (χ4n) is 3.24. The second-order valence-electron chi connectivity index (χ2n) is 6.60. The molecule has 0 spiro atoms. The zero-order valence-corrected chi connectivity index (χ0v) is 14.2. The molecule has 3 rings (SSSR count). The van der Waals surface area contributed by atoms with Gasteiger partial charge in [0, 0.05) is 19.2 Å². The molecule has 2 aromatic rings. The Morgan fingerprint density at radius 2 is 1.81 bits per heavy atom. The van der Waals surface area contributed by atoms with Gasteiger partial charge in [-0.3, -0.25) is 9.69 Å². The van der Waals surface area contributed by atoms with Gasteiger partial charge in [-0.1, -0.05) is 30.3 Å². The number of rotatable bonds is 4. The van der Waals surface area contributed by atoms with Crippen LogP contribution in [0, 0.1) is 17.0 Å². The number of hydrogen-bond acceptors (Lipinski definition) is 2. The Morgan fingerprint density at radius 3 is 2.44 bits per heavy atom. The summed E-state index contributed by atoms with van der Waals surface area (Å²) in [5.74, 6) is -3.35. The van der Waals surface area contributed by atoms with Gasteiger partial charge >= 0.3 is 6.18 Å². The normalized spacial score (nSPS) is 20.6. The maximum absolute atomic E-state index is 13.8. The minimum atomic E-state index is -4.81. The van der Waals surface area contributed by atoms with Crippen LogP contribution in [-0.4, -0.2) is 30.1 Å². The largest absolute Gasteiger partial charge is 0.404 e. The molecule has 1 saturated heterocycles. The number of carbonyl (C=O) groups is 1. The van der Waals surface area contributed by atoms with Gasteiger partial charge in [0.05, 0.1) is 5.69 Å². The number of alkyl halides is 3. The fraction of sp³-hybridized carbons (Fsp3) is 0.316. The highest BCUT2D eigenvalue weighted by Crippen LogP contribution is 2.46. The molecule has 1 heterocycles. The van der Waals surface area contributed by atoms with Crippen molar-refractivity contribution in [3.05, 3.63) is 65.7 Å². The van der Waals surface area contributed by atoms with Crippen molar-refractivity contribution in [2.24, 2.45) is 5.41 Å². The van der Waals surface area contributed by atoms with Crippen molar-refractivity contribution in [3.63, 3.8) is 0 Å². The zero-order valence-electron chi connectivity index (χ0n) is 14.2. The van der Waals surface area contributed by atoms with E-state index in [0.29, 0.717) is 6.07 Å². The van der Waals surface area contributed by atoms with E-state index in [1.807, 2.05) is 5.32 Å². The third-order valence-electron chi connectivity index (χ3n) is 4.75. The van der Waals surface area contributed by atoms with E-state index >= 15 is 0 Å². The van der Waals surface area contributed by atoms with Crippen molar-refractivity contribution in [2.75, 3.05) is 18.4 Å². The van der Waals surface area contributed by atoms with Crippen molar-refractivity contribution < 1.29 is 26.7 Å². The summed E-state index contributed by atoms with van der Waals surface area (Å²) in [6.45, 7) is -0.176. The molecule has 0 bridgehead atoms. The number of carbonyl (C=O) groups excluding carboxylic acids is 1. The van der Waals surface area contributed by atoms with Gasteiger partial charge < -0.3 is 5.32 Å². The quantitative estimate of drug-likeness (QED) is 0.795. The second-order valence-corrected chi connectivity index (χ2v) is 6.60. The highest BCUT2D eigenvalue weighted by atomic mass is 19.4. The van der Waals surface area contributed by atoms with Crippen molar-refractivity contribution in [1.29, 1.82) is 0 Å². The van der Waals surface area contributed by atoms with Crippen LogP contribution in [0.25, 0.3) is 0 Å². The average Bonchev–Trinajstić information content (AvgIpc) is 3.03. The highest BCUT2D eigenvalue weighted by Gasteiger charge is 2.63. The van der Waals surface area contributed by atoms with Crippen LogP contribution in [-0.2, 0) is 11.3 Å². The van der Waals surface area contributed by atoms with Crippen LogP contribution in [0.1, 0.15) is 12.0 Å². The summed E-state index contributed by atoms with van der Waals surface area (Å²) in [7, 11) is 0. The number of hydrogen-bond donors (Lipinski definition) is 1. The predicted octanol–water partition coefficient (Wildman–Crippen LogP) is 4.36.